The molecule has 2 aromatic rings. The molecular weight excluding hydrogens is 350 g/mol. The fourth-order valence-electron chi connectivity index (χ4n) is 4.08. The fourth-order valence-corrected chi connectivity index (χ4v) is 4.08. The Balaban J connectivity index is 1.28. The van der Waals surface area contributed by atoms with E-state index in [4.69, 9.17) is 0 Å². The highest BCUT2D eigenvalue weighted by Gasteiger charge is 2.20. The molecule has 0 spiro atoms. The third-order valence-electron chi connectivity index (χ3n) is 5.76. The van der Waals surface area contributed by atoms with Gasteiger partial charge >= 0.3 is 0 Å². The monoisotopic (exact) mass is 379 g/mol. The van der Waals surface area contributed by atoms with Crippen molar-refractivity contribution < 1.29 is 4.79 Å². The van der Waals surface area contributed by atoms with Crippen LogP contribution in [0, 0.1) is 0 Å². The standard InChI is InChI=1S/C22H29N5O/c28-22(25-19-9-5-2-6-10-19)20-15-24-21(16-23-20)27-13-11-26(12-14-27)17-18-7-3-1-4-8-18/h1,3-4,7-8,15-16,19H,2,5-6,9-14,17H2,(H,25,28). The number of benzene rings is 1. The Morgan fingerprint density at radius 3 is 2.39 bits per heavy atom. The maximum absolute atomic E-state index is 12.4. The highest BCUT2D eigenvalue weighted by molar-refractivity contribution is 5.92. The molecule has 2 aliphatic rings. The summed E-state index contributed by atoms with van der Waals surface area (Å²) in [6, 6.07) is 10.9. The van der Waals surface area contributed by atoms with Crippen LogP contribution in [-0.2, 0) is 6.54 Å². The summed E-state index contributed by atoms with van der Waals surface area (Å²) in [5, 5.41) is 3.10. The Hall–Kier alpha value is -2.47. The van der Waals surface area contributed by atoms with Crippen LogP contribution < -0.4 is 10.2 Å². The lowest BCUT2D eigenvalue weighted by molar-refractivity contribution is 0.0922. The van der Waals surface area contributed by atoms with Crippen molar-refractivity contribution in [1.29, 1.82) is 0 Å². The zero-order valence-corrected chi connectivity index (χ0v) is 16.4. The molecule has 1 saturated carbocycles. The number of hydrogen-bond acceptors (Lipinski definition) is 5. The molecule has 28 heavy (non-hydrogen) atoms. The number of nitrogens with zero attached hydrogens (tertiary/aromatic N) is 4. The SMILES string of the molecule is O=C(NC1CCCCC1)c1cnc(N2CCN(Cc3ccccc3)CC2)cn1. The van der Waals surface area contributed by atoms with Gasteiger partial charge in [0, 0.05) is 38.8 Å². The van der Waals surface area contributed by atoms with Crippen LogP contribution in [0.4, 0.5) is 5.82 Å². The van der Waals surface area contributed by atoms with Crippen LogP contribution in [0.3, 0.4) is 0 Å². The molecule has 148 valence electrons. The maximum atomic E-state index is 12.4. The van der Waals surface area contributed by atoms with Gasteiger partial charge in [-0.3, -0.25) is 9.69 Å². The van der Waals surface area contributed by atoms with E-state index < -0.39 is 0 Å². The first-order valence-corrected chi connectivity index (χ1v) is 10.4. The minimum Gasteiger partial charge on any atom is -0.353 e. The third kappa shape index (κ3) is 4.87. The van der Waals surface area contributed by atoms with E-state index in [1.165, 1.54) is 24.8 Å². The van der Waals surface area contributed by atoms with Gasteiger partial charge in [-0.05, 0) is 18.4 Å². The van der Waals surface area contributed by atoms with E-state index in [0.29, 0.717) is 11.7 Å². The first kappa shape index (κ1) is 18.9. The summed E-state index contributed by atoms with van der Waals surface area (Å²) >= 11 is 0. The van der Waals surface area contributed by atoms with Gasteiger partial charge in [-0.1, -0.05) is 49.6 Å². The maximum Gasteiger partial charge on any atom is 0.271 e. The number of rotatable bonds is 5. The van der Waals surface area contributed by atoms with Gasteiger partial charge in [0.15, 0.2) is 0 Å². The number of aromatic nitrogens is 2. The van der Waals surface area contributed by atoms with Crippen LogP contribution in [0.2, 0.25) is 0 Å². The van der Waals surface area contributed by atoms with Crippen molar-refractivity contribution in [1.82, 2.24) is 20.2 Å². The van der Waals surface area contributed by atoms with Crippen molar-refractivity contribution in [2.75, 3.05) is 31.1 Å². The van der Waals surface area contributed by atoms with Gasteiger partial charge in [-0.2, -0.15) is 0 Å². The molecule has 1 saturated heterocycles. The summed E-state index contributed by atoms with van der Waals surface area (Å²) < 4.78 is 0. The van der Waals surface area contributed by atoms with Gasteiger partial charge in [0.05, 0.1) is 12.4 Å². The van der Waals surface area contributed by atoms with Crippen LogP contribution in [0.1, 0.15) is 48.2 Å². The highest BCUT2D eigenvalue weighted by Crippen LogP contribution is 2.18. The molecule has 0 unspecified atom stereocenters. The quantitative estimate of drug-likeness (QED) is 0.866. The molecule has 2 fully saturated rings. The first-order chi connectivity index (χ1) is 13.8. The molecule has 0 bridgehead atoms. The summed E-state index contributed by atoms with van der Waals surface area (Å²) in [4.78, 5) is 26.0. The van der Waals surface area contributed by atoms with Crippen molar-refractivity contribution in [2.24, 2.45) is 0 Å². The topological polar surface area (TPSA) is 61.4 Å². The van der Waals surface area contributed by atoms with E-state index in [9.17, 15) is 4.79 Å². The molecule has 1 N–H and O–H groups in total. The van der Waals surface area contributed by atoms with Crippen LogP contribution in [0.5, 0.6) is 0 Å². The second-order valence-electron chi connectivity index (χ2n) is 7.82. The molecule has 4 rings (SSSR count). The van der Waals surface area contributed by atoms with Gasteiger partial charge in [-0.25, -0.2) is 9.97 Å². The van der Waals surface area contributed by atoms with Crippen LogP contribution in [0.15, 0.2) is 42.7 Å². The van der Waals surface area contributed by atoms with Crippen LogP contribution >= 0.6 is 0 Å². The summed E-state index contributed by atoms with van der Waals surface area (Å²) in [5.41, 5.74) is 1.76. The average molecular weight is 380 g/mol. The number of carbonyl (C=O) groups is 1. The third-order valence-corrected chi connectivity index (χ3v) is 5.76. The predicted molar refractivity (Wildman–Crippen MR) is 110 cm³/mol. The van der Waals surface area contributed by atoms with Crippen molar-refractivity contribution in [3.63, 3.8) is 0 Å². The normalized spacial score (nSPS) is 18.8. The molecule has 1 aromatic heterocycles. The molecule has 1 amide bonds. The smallest absolute Gasteiger partial charge is 0.271 e. The second-order valence-corrected chi connectivity index (χ2v) is 7.82. The minimum absolute atomic E-state index is 0.0985. The van der Waals surface area contributed by atoms with Gasteiger partial charge < -0.3 is 10.2 Å². The molecule has 1 aromatic carbocycles. The number of carbonyl (C=O) groups excluding carboxylic acids is 1. The molecule has 0 radical (unpaired) electrons. The van der Waals surface area contributed by atoms with Crippen molar-refractivity contribution in [3.8, 4) is 0 Å². The second kappa shape index (κ2) is 9.15. The lowest BCUT2D eigenvalue weighted by Crippen LogP contribution is -2.46. The molecular formula is C22H29N5O. The van der Waals surface area contributed by atoms with Gasteiger partial charge in [0.25, 0.3) is 5.91 Å². The van der Waals surface area contributed by atoms with E-state index in [-0.39, 0.29) is 5.91 Å². The number of amides is 1. The Morgan fingerprint density at radius 1 is 0.964 bits per heavy atom. The number of piperazine rings is 1. The van der Waals surface area contributed by atoms with Gasteiger partial charge in [-0.15, -0.1) is 0 Å². The lowest BCUT2D eigenvalue weighted by Gasteiger charge is -2.35. The summed E-state index contributed by atoms with van der Waals surface area (Å²) in [5.74, 6) is 0.757. The van der Waals surface area contributed by atoms with Crippen molar-refractivity contribution in [2.45, 2.75) is 44.7 Å². The van der Waals surface area contributed by atoms with E-state index >= 15 is 0 Å². The van der Waals surface area contributed by atoms with Gasteiger partial charge in [0.2, 0.25) is 0 Å². The molecule has 1 aliphatic heterocycles. The average Bonchev–Trinajstić information content (AvgIpc) is 2.76. The Morgan fingerprint density at radius 2 is 1.71 bits per heavy atom. The van der Waals surface area contributed by atoms with E-state index in [1.807, 2.05) is 0 Å². The van der Waals surface area contributed by atoms with E-state index in [0.717, 1.165) is 51.4 Å². The first-order valence-electron chi connectivity index (χ1n) is 10.4. The number of hydrogen-bond donors (Lipinski definition) is 1. The van der Waals surface area contributed by atoms with E-state index in [1.54, 1.807) is 12.4 Å². The summed E-state index contributed by atoms with van der Waals surface area (Å²) in [6.45, 7) is 4.84. The van der Waals surface area contributed by atoms with Crippen molar-refractivity contribution >= 4 is 11.7 Å². The Kier molecular flexibility index (Phi) is 6.17. The minimum atomic E-state index is -0.0985. The fraction of sp³-hybridized carbons (Fsp3) is 0.500. The molecule has 0 atom stereocenters. The Bertz CT molecular complexity index is 750. The molecule has 6 nitrogen and oxygen atoms in total. The lowest BCUT2D eigenvalue weighted by atomic mass is 9.95. The summed E-state index contributed by atoms with van der Waals surface area (Å²) in [6.07, 6.45) is 9.18. The highest BCUT2D eigenvalue weighted by atomic mass is 16.1. The zero-order chi connectivity index (χ0) is 19.2. The zero-order valence-electron chi connectivity index (χ0n) is 16.4. The van der Waals surface area contributed by atoms with Crippen molar-refractivity contribution in [3.05, 3.63) is 54.0 Å². The Labute approximate surface area is 167 Å². The largest absolute Gasteiger partial charge is 0.353 e. The number of anilines is 1. The van der Waals surface area contributed by atoms with Crippen LogP contribution in [-0.4, -0.2) is 53.0 Å². The summed E-state index contributed by atoms with van der Waals surface area (Å²) in [7, 11) is 0. The number of nitrogens with one attached hydrogen (secondary N) is 1. The predicted octanol–water partition coefficient (Wildman–Crippen LogP) is 2.86. The molecule has 2 heterocycles. The molecule has 1 aliphatic carbocycles. The molecule has 6 heteroatoms. The van der Waals surface area contributed by atoms with E-state index in [2.05, 4.69) is 55.4 Å². The van der Waals surface area contributed by atoms with Crippen LogP contribution in [0.25, 0.3) is 0 Å². The van der Waals surface area contributed by atoms with Gasteiger partial charge in [0.1, 0.15) is 11.5 Å².